The van der Waals surface area contributed by atoms with Crippen LogP contribution >= 0.6 is 0 Å². The third-order valence-electron chi connectivity index (χ3n) is 5.85. The predicted octanol–water partition coefficient (Wildman–Crippen LogP) is 5.55. The van der Waals surface area contributed by atoms with E-state index in [2.05, 4.69) is 6.92 Å². The molecule has 0 bridgehead atoms. The first-order valence-corrected chi connectivity index (χ1v) is 10.2. The minimum atomic E-state index is -0.653. The Hall–Kier alpha value is -3.73. The summed E-state index contributed by atoms with van der Waals surface area (Å²) in [5.41, 5.74) is 3.74. The summed E-state index contributed by atoms with van der Waals surface area (Å²) in [5.74, 6) is -0.898. The van der Waals surface area contributed by atoms with Crippen molar-refractivity contribution in [2.24, 2.45) is 0 Å². The molecule has 3 aromatic carbocycles. The van der Waals surface area contributed by atoms with Crippen LogP contribution < -0.4 is 10.3 Å². The van der Waals surface area contributed by atoms with Crippen molar-refractivity contribution in [3.8, 4) is 0 Å². The van der Waals surface area contributed by atoms with Gasteiger partial charge < -0.3 is 4.42 Å². The maximum atomic E-state index is 13.9. The fraction of sp³-hybridized carbons (Fsp3) is 0.154. The van der Waals surface area contributed by atoms with E-state index in [9.17, 15) is 14.0 Å². The van der Waals surface area contributed by atoms with Gasteiger partial charge in [0.25, 0.3) is 5.91 Å². The summed E-state index contributed by atoms with van der Waals surface area (Å²) >= 11 is 0. The zero-order chi connectivity index (χ0) is 21.7. The number of rotatable bonds is 3. The second-order valence-electron chi connectivity index (χ2n) is 7.82. The maximum absolute atomic E-state index is 13.9. The lowest BCUT2D eigenvalue weighted by Crippen LogP contribution is -2.29. The second kappa shape index (κ2) is 7.20. The summed E-state index contributed by atoms with van der Waals surface area (Å²) in [5, 5.41) is 0.131. The molecular weight excluding hydrogens is 393 g/mol. The monoisotopic (exact) mass is 413 g/mol. The third kappa shape index (κ3) is 3.05. The lowest BCUT2D eigenvalue weighted by molar-refractivity contribution is 0.0971. The average Bonchev–Trinajstić information content (AvgIpc) is 3.07. The number of amides is 1. The molecular formula is C26H20FNO3. The molecule has 1 aliphatic heterocycles. The van der Waals surface area contributed by atoms with Crippen LogP contribution in [-0.2, 0) is 6.42 Å². The molecule has 0 fully saturated rings. The van der Waals surface area contributed by atoms with Gasteiger partial charge in [-0.15, -0.1) is 0 Å². The summed E-state index contributed by atoms with van der Waals surface area (Å²) < 4.78 is 19.7. The van der Waals surface area contributed by atoms with Crippen LogP contribution in [0.25, 0.3) is 11.0 Å². The van der Waals surface area contributed by atoms with Gasteiger partial charge in [-0.25, -0.2) is 4.39 Å². The van der Waals surface area contributed by atoms with Crippen molar-refractivity contribution in [3.05, 3.63) is 111 Å². The van der Waals surface area contributed by atoms with E-state index in [0.717, 1.165) is 29.2 Å². The molecule has 5 heteroatoms. The van der Waals surface area contributed by atoms with Crippen molar-refractivity contribution in [1.29, 1.82) is 0 Å². The van der Waals surface area contributed by atoms with Crippen molar-refractivity contribution >= 4 is 22.6 Å². The van der Waals surface area contributed by atoms with Crippen LogP contribution in [0, 0.1) is 12.7 Å². The zero-order valence-corrected chi connectivity index (χ0v) is 17.2. The topological polar surface area (TPSA) is 50.5 Å². The molecule has 0 spiro atoms. The van der Waals surface area contributed by atoms with Crippen LogP contribution in [0.2, 0.25) is 0 Å². The third-order valence-corrected chi connectivity index (χ3v) is 5.85. The summed E-state index contributed by atoms with van der Waals surface area (Å²) in [6, 6.07) is 18.5. The number of halogens is 1. The van der Waals surface area contributed by atoms with Crippen molar-refractivity contribution in [1.82, 2.24) is 0 Å². The molecule has 0 aliphatic carbocycles. The van der Waals surface area contributed by atoms with Gasteiger partial charge in [0.05, 0.1) is 17.0 Å². The smallest absolute Gasteiger partial charge is 0.295 e. The summed E-state index contributed by atoms with van der Waals surface area (Å²) in [7, 11) is 0. The second-order valence-corrected chi connectivity index (χ2v) is 7.82. The molecule has 1 aliphatic rings. The Kier molecular flexibility index (Phi) is 4.47. The molecule has 1 atom stereocenters. The van der Waals surface area contributed by atoms with Gasteiger partial charge in [-0.05, 0) is 54.8 Å². The Morgan fingerprint density at radius 1 is 0.968 bits per heavy atom. The summed E-state index contributed by atoms with van der Waals surface area (Å²) in [4.78, 5) is 28.5. The lowest BCUT2D eigenvalue weighted by Gasteiger charge is -2.25. The largest absolute Gasteiger partial charge is 0.450 e. The van der Waals surface area contributed by atoms with E-state index in [1.807, 2.05) is 55.5 Å². The van der Waals surface area contributed by atoms with Gasteiger partial charge in [-0.2, -0.15) is 0 Å². The van der Waals surface area contributed by atoms with Gasteiger partial charge in [0.2, 0.25) is 5.76 Å². The highest BCUT2D eigenvalue weighted by Crippen LogP contribution is 2.41. The number of fused-ring (bicyclic) bond motifs is 2. The molecule has 1 unspecified atom stereocenters. The molecule has 4 nitrogen and oxygen atoms in total. The molecule has 2 heterocycles. The van der Waals surface area contributed by atoms with Crippen LogP contribution in [-0.4, -0.2) is 5.91 Å². The van der Waals surface area contributed by atoms with E-state index in [1.54, 1.807) is 4.90 Å². The van der Waals surface area contributed by atoms with E-state index < -0.39 is 11.9 Å². The summed E-state index contributed by atoms with van der Waals surface area (Å²) in [6.45, 7) is 4.04. The van der Waals surface area contributed by atoms with E-state index >= 15 is 0 Å². The number of anilines is 1. The molecule has 31 heavy (non-hydrogen) atoms. The lowest BCUT2D eigenvalue weighted by atomic mass is 9.97. The van der Waals surface area contributed by atoms with Crippen LogP contribution in [0.1, 0.15) is 45.8 Å². The molecule has 0 N–H and O–H groups in total. The van der Waals surface area contributed by atoms with Gasteiger partial charge in [-0.3, -0.25) is 14.5 Å². The molecule has 154 valence electrons. The van der Waals surface area contributed by atoms with E-state index in [1.165, 1.54) is 12.1 Å². The fourth-order valence-corrected chi connectivity index (χ4v) is 4.17. The fourth-order valence-electron chi connectivity index (χ4n) is 4.17. The Morgan fingerprint density at radius 3 is 2.35 bits per heavy atom. The molecule has 1 amide bonds. The molecule has 0 radical (unpaired) electrons. The normalized spacial score (nSPS) is 15.5. The van der Waals surface area contributed by atoms with Crippen LogP contribution in [0.5, 0.6) is 0 Å². The van der Waals surface area contributed by atoms with Gasteiger partial charge in [0, 0.05) is 5.69 Å². The first kappa shape index (κ1) is 19.2. The van der Waals surface area contributed by atoms with Gasteiger partial charge >= 0.3 is 0 Å². The highest BCUT2D eigenvalue weighted by molar-refractivity contribution is 6.10. The molecule has 5 rings (SSSR count). The minimum Gasteiger partial charge on any atom is -0.450 e. The van der Waals surface area contributed by atoms with Gasteiger partial charge in [-0.1, -0.05) is 48.9 Å². The van der Waals surface area contributed by atoms with Crippen LogP contribution in [0.4, 0.5) is 10.1 Å². The molecule has 4 aromatic rings. The van der Waals surface area contributed by atoms with Gasteiger partial charge in [0.1, 0.15) is 11.4 Å². The Labute approximate surface area is 178 Å². The molecule has 0 saturated carbocycles. The number of nitrogens with zero attached hydrogens (tertiary/aromatic N) is 1. The van der Waals surface area contributed by atoms with Gasteiger partial charge in [0.15, 0.2) is 5.43 Å². The number of hydrogen-bond donors (Lipinski definition) is 0. The van der Waals surface area contributed by atoms with Crippen molar-refractivity contribution in [3.63, 3.8) is 0 Å². The first-order chi connectivity index (χ1) is 15.0. The number of hydrogen-bond acceptors (Lipinski definition) is 3. The first-order valence-electron chi connectivity index (χ1n) is 10.2. The van der Waals surface area contributed by atoms with Crippen LogP contribution in [0.15, 0.2) is 75.9 Å². The van der Waals surface area contributed by atoms with Crippen molar-refractivity contribution in [2.45, 2.75) is 26.3 Å². The predicted molar refractivity (Wildman–Crippen MR) is 118 cm³/mol. The maximum Gasteiger partial charge on any atom is 0.295 e. The SMILES string of the molecule is CCc1ccc(N2C(=O)c3oc4ccc(F)cc4c(=O)c3C2c2ccc(C)cc2)cc1. The molecule has 1 aromatic heterocycles. The standard InChI is InChI=1S/C26H20FNO3/c1-3-16-6-11-19(12-7-16)28-23(17-8-4-15(2)5-9-17)22-24(29)20-14-18(27)10-13-21(20)31-25(22)26(28)30/h4-14,23H,3H2,1-2H3. The highest BCUT2D eigenvalue weighted by atomic mass is 19.1. The van der Waals surface area contributed by atoms with Crippen molar-refractivity contribution < 1.29 is 13.6 Å². The number of carbonyl (C=O) groups is 1. The van der Waals surface area contributed by atoms with E-state index in [4.69, 9.17) is 4.42 Å². The highest BCUT2D eigenvalue weighted by Gasteiger charge is 2.43. The average molecular weight is 413 g/mol. The van der Waals surface area contributed by atoms with E-state index in [-0.39, 0.29) is 33.6 Å². The Morgan fingerprint density at radius 2 is 1.68 bits per heavy atom. The van der Waals surface area contributed by atoms with Crippen molar-refractivity contribution in [2.75, 3.05) is 4.90 Å². The quantitative estimate of drug-likeness (QED) is 0.442. The van der Waals surface area contributed by atoms with Crippen LogP contribution in [0.3, 0.4) is 0 Å². The number of carbonyl (C=O) groups excluding carboxylic acids is 1. The Balaban J connectivity index is 1.78. The molecule has 0 saturated heterocycles. The minimum absolute atomic E-state index is 0.00857. The Bertz CT molecular complexity index is 1370. The van der Waals surface area contributed by atoms with E-state index in [0.29, 0.717) is 5.69 Å². The summed E-state index contributed by atoms with van der Waals surface area (Å²) in [6.07, 6.45) is 0.882. The number of benzene rings is 3. The zero-order valence-electron chi connectivity index (χ0n) is 17.2. The number of aryl methyl sites for hydroxylation is 2.